The van der Waals surface area contributed by atoms with Crippen LogP contribution >= 0.6 is 11.6 Å². The van der Waals surface area contributed by atoms with Crippen LogP contribution in [0.1, 0.15) is 36.0 Å². The van der Waals surface area contributed by atoms with E-state index in [0.717, 1.165) is 6.42 Å². The van der Waals surface area contributed by atoms with E-state index in [4.69, 9.17) is 16.3 Å². The quantitative estimate of drug-likeness (QED) is 0.177. The maximum Gasteiger partial charge on any atom is 0.343 e. The Morgan fingerprint density at radius 2 is 1.53 bits per heavy atom. The Hall–Kier alpha value is -3.37. The summed E-state index contributed by atoms with van der Waals surface area (Å²) in [6.07, 6.45) is 2.12. The molecule has 3 aromatic rings. The van der Waals surface area contributed by atoms with Gasteiger partial charge >= 0.3 is 5.97 Å². The number of nitrogens with zero attached hydrogens (tertiary/aromatic N) is 1. The van der Waals surface area contributed by atoms with E-state index in [1.165, 1.54) is 17.3 Å². The van der Waals surface area contributed by atoms with Crippen molar-refractivity contribution in [2.45, 2.75) is 19.3 Å². The van der Waals surface area contributed by atoms with E-state index in [-0.39, 0.29) is 23.9 Å². The van der Waals surface area contributed by atoms with E-state index in [9.17, 15) is 9.90 Å². The average Bonchev–Trinajstić information content (AvgIpc) is 2.82. The van der Waals surface area contributed by atoms with Gasteiger partial charge in [-0.15, -0.1) is 0 Å². The second-order valence-corrected chi connectivity index (χ2v) is 7.57. The highest BCUT2D eigenvalue weighted by atomic mass is 35.5. The van der Waals surface area contributed by atoms with Crippen LogP contribution in [0.5, 0.6) is 0 Å². The molecule has 3 aromatic carbocycles. The molecule has 164 valence electrons. The number of benzene rings is 3. The molecule has 0 amide bonds. The Morgan fingerprint density at radius 1 is 0.969 bits per heavy atom. The van der Waals surface area contributed by atoms with Gasteiger partial charge in [0.2, 0.25) is 0 Å². The van der Waals surface area contributed by atoms with Crippen LogP contribution in [0, 0.1) is 0 Å². The van der Waals surface area contributed by atoms with E-state index in [0.29, 0.717) is 17.1 Å². The van der Waals surface area contributed by atoms with Gasteiger partial charge in [0.25, 0.3) is 0 Å². The minimum absolute atomic E-state index is 0.0177. The molecule has 1 N–H and O–H groups in total. The molecule has 0 aliphatic rings. The van der Waals surface area contributed by atoms with Crippen LogP contribution in [0.15, 0.2) is 95.5 Å². The van der Waals surface area contributed by atoms with Crippen molar-refractivity contribution in [1.82, 2.24) is 0 Å². The SMILES string of the molecule is CCOC(=O)/C(C=NCCC(c1ccccc1)c1ccccc1)=C(/O)c1ccccc1Cl. The van der Waals surface area contributed by atoms with Crippen molar-refractivity contribution in [1.29, 1.82) is 0 Å². The number of aliphatic hydroxyl groups excluding tert-OH is 1. The number of halogens is 1. The molecule has 0 fully saturated rings. The lowest BCUT2D eigenvalue weighted by Gasteiger charge is -2.17. The summed E-state index contributed by atoms with van der Waals surface area (Å²) in [4.78, 5) is 16.9. The number of carbonyl (C=O) groups excluding carboxylic acids is 1. The van der Waals surface area contributed by atoms with Crippen molar-refractivity contribution in [3.63, 3.8) is 0 Å². The van der Waals surface area contributed by atoms with Gasteiger partial charge in [0.05, 0.1) is 11.6 Å². The first-order valence-corrected chi connectivity index (χ1v) is 10.9. The largest absolute Gasteiger partial charge is 0.506 e. The van der Waals surface area contributed by atoms with Crippen molar-refractivity contribution >= 4 is 29.5 Å². The molecule has 5 heteroatoms. The van der Waals surface area contributed by atoms with E-state index in [1.54, 1.807) is 31.2 Å². The van der Waals surface area contributed by atoms with Gasteiger partial charge in [-0.25, -0.2) is 4.79 Å². The monoisotopic (exact) mass is 447 g/mol. The van der Waals surface area contributed by atoms with Crippen LogP contribution in [0.3, 0.4) is 0 Å². The fourth-order valence-corrected chi connectivity index (χ4v) is 3.70. The fraction of sp³-hybridized carbons (Fsp3) is 0.185. The zero-order valence-corrected chi connectivity index (χ0v) is 18.7. The maximum atomic E-state index is 12.5. The summed E-state index contributed by atoms with van der Waals surface area (Å²) < 4.78 is 5.11. The van der Waals surface area contributed by atoms with Gasteiger partial charge in [-0.3, -0.25) is 4.99 Å². The van der Waals surface area contributed by atoms with Crippen LogP contribution in [0.2, 0.25) is 5.02 Å². The van der Waals surface area contributed by atoms with Crippen LogP contribution in [-0.2, 0) is 9.53 Å². The minimum Gasteiger partial charge on any atom is -0.506 e. The first-order valence-electron chi connectivity index (χ1n) is 10.6. The Balaban J connectivity index is 1.83. The third-order valence-electron chi connectivity index (χ3n) is 5.05. The summed E-state index contributed by atoms with van der Waals surface area (Å²) in [6, 6.07) is 27.3. The predicted molar refractivity (Wildman–Crippen MR) is 130 cm³/mol. The molecular formula is C27H26ClNO3. The van der Waals surface area contributed by atoms with Gasteiger partial charge in [0.1, 0.15) is 11.3 Å². The predicted octanol–water partition coefficient (Wildman–Crippen LogP) is 6.47. The lowest BCUT2D eigenvalue weighted by atomic mass is 9.89. The van der Waals surface area contributed by atoms with Gasteiger partial charge in [-0.05, 0) is 36.6 Å². The van der Waals surface area contributed by atoms with Crippen molar-refractivity contribution in [3.8, 4) is 0 Å². The maximum absolute atomic E-state index is 12.5. The molecule has 0 aliphatic carbocycles. The molecule has 3 rings (SSSR count). The molecule has 0 bridgehead atoms. The van der Waals surface area contributed by atoms with Crippen LogP contribution < -0.4 is 0 Å². The van der Waals surface area contributed by atoms with Gasteiger partial charge in [0, 0.05) is 24.2 Å². The van der Waals surface area contributed by atoms with Gasteiger partial charge in [-0.2, -0.15) is 0 Å². The summed E-state index contributed by atoms with van der Waals surface area (Å²) >= 11 is 6.19. The molecule has 0 atom stereocenters. The topological polar surface area (TPSA) is 58.9 Å². The first kappa shape index (κ1) is 23.3. The molecule has 4 nitrogen and oxygen atoms in total. The van der Waals surface area contributed by atoms with Crippen LogP contribution in [-0.4, -0.2) is 30.4 Å². The van der Waals surface area contributed by atoms with Crippen molar-refractivity contribution in [2.24, 2.45) is 4.99 Å². The zero-order valence-electron chi connectivity index (χ0n) is 17.9. The first-order chi connectivity index (χ1) is 15.6. The number of esters is 1. The fourth-order valence-electron chi connectivity index (χ4n) is 3.47. The molecule has 0 heterocycles. The number of hydrogen-bond acceptors (Lipinski definition) is 4. The standard InChI is InChI=1S/C27H26ClNO3/c1-2-32-27(31)24(26(30)23-15-9-10-16-25(23)28)19-29-18-17-22(20-11-5-3-6-12-20)21-13-7-4-8-14-21/h3-16,19,22,30H,2,17-18H2,1H3/b26-24+,29-19?. The molecule has 0 radical (unpaired) electrons. The van der Waals surface area contributed by atoms with Crippen LogP contribution in [0.25, 0.3) is 5.76 Å². The zero-order chi connectivity index (χ0) is 22.8. The third-order valence-corrected chi connectivity index (χ3v) is 5.38. The Labute approximate surface area is 193 Å². The highest BCUT2D eigenvalue weighted by molar-refractivity contribution is 6.32. The Kier molecular flexibility index (Phi) is 8.64. The number of aliphatic hydroxyl groups is 1. The minimum atomic E-state index is -0.642. The van der Waals surface area contributed by atoms with Gasteiger partial charge in [-0.1, -0.05) is 84.4 Å². The highest BCUT2D eigenvalue weighted by Gasteiger charge is 2.18. The highest BCUT2D eigenvalue weighted by Crippen LogP contribution is 2.28. The summed E-state index contributed by atoms with van der Waals surface area (Å²) in [7, 11) is 0. The van der Waals surface area contributed by atoms with E-state index in [2.05, 4.69) is 29.3 Å². The molecule has 0 aliphatic heterocycles. The van der Waals surface area contributed by atoms with E-state index < -0.39 is 5.97 Å². The number of aliphatic imine (C=N–C) groups is 1. The van der Waals surface area contributed by atoms with E-state index in [1.807, 2.05) is 36.4 Å². The average molecular weight is 448 g/mol. The number of hydrogen-bond donors (Lipinski definition) is 1. The summed E-state index contributed by atoms with van der Waals surface area (Å²) in [5.41, 5.74) is 2.74. The van der Waals surface area contributed by atoms with Crippen molar-refractivity contribution < 1.29 is 14.6 Å². The second-order valence-electron chi connectivity index (χ2n) is 7.16. The van der Waals surface area contributed by atoms with Crippen molar-refractivity contribution in [3.05, 3.63) is 112 Å². The van der Waals surface area contributed by atoms with Gasteiger partial charge in [0.15, 0.2) is 0 Å². The molecule has 0 saturated carbocycles. The molecule has 0 unspecified atom stereocenters. The second kappa shape index (κ2) is 11.9. The number of carbonyl (C=O) groups is 1. The summed E-state index contributed by atoms with van der Waals surface area (Å²) in [5.74, 6) is -0.724. The Bertz CT molecular complexity index is 1040. The molecule has 0 saturated heterocycles. The lowest BCUT2D eigenvalue weighted by Crippen LogP contribution is -2.12. The van der Waals surface area contributed by atoms with Crippen molar-refractivity contribution in [2.75, 3.05) is 13.2 Å². The van der Waals surface area contributed by atoms with E-state index >= 15 is 0 Å². The molecular weight excluding hydrogens is 422 g/mol. The summed E-state index contributed by atoms with van der Waals surface area (Å²) in [5, 5.41) is 11.1. The smallest absolute Gasteiger partial charge is 0.343 e. The molecule has 0 spiro atoms. The Morgan fingerprint density at radius 3 is 2.09 bits per heavy atom. The third kappa shape index (κ3) is 6.08. The lowest BCUT2D eigenvalue weighted by molar-refractivity contribution is -0.137. The molecule has 32 heavy (non-hydrogen) atoms. The number of ether oxygens (including phenoxy) is 1. The molecule has 0 aromatic heterocycles. The summed E-state index contributed by atoms with van der Waals surface area (Å²) in [6.45, 7) is 2.37. The normalized spacial score (nSPS) is 12.1. The van der Waals surface area contributed by atoms with Crippen LogP contribution in [0.4, 0.5) is 0 Å². The van der Waals surface area contributed by atoms with Gasteiger partial charge < -0.3 is 9.84 Å². The number of rotatable bonds is 9.